The first kappa shape index (κ1) is 17.9. The van der Waals surface area contributed by atoms with E-state index < -0.39 is 6.10 Å². The molecule has 2 N–H and O–H groups in total. The molecule has 0 bridgehead atoms. The molecule has 0 spiro atoms. The number of ether oxygens (including phenoxy) is 1. The van der Waals surface area contributed by atoms with E-state index in [1.165, 1.54) is 30.6 Å². The molecule has 8 heteroatoms. The fourth-order valence-electron chi connectivity index (χ4n) is 2.70. The quantitative estimate of drug-likeness (QED) is 0.514. The highest BCUT2D eigenvalue weighted by atomic mass is 19.1. The Morgan fingerprint density at radius 3 is 2.68 bits per heavy atom. The van der Waals surface area contributed by atoms with Gasteiger partial charge in [-0.3, -0.25) is 0 Å². The van der Waals surface area contributed by atoms with Crippen LogP contribution in [0.2, 0.25) is 0 Å². The normalized spacial score (nSPS) is 12.1. The van der Waals surface area contributed by atoms with Crippen LogP contribution in [0, 0.1) is 5.82 Å². The number of hydrogen-bond acceptors (Lipinski definition) is 6. The number of aliphatic hydroxyl groups is 1. The monoisotopic (exact) mass is 379 g/mol. The van der Waals surface area contributed by atoms with Crippen LogP contribution in [-0.4, -0.2) is 43.9 Å². The maximum absolute atomic E-state index is 12.9. The Hall–Kier alpha value is -3.52. The van der Waals surface area contributed by atoms with E-state index in [1.54, 1.807) is 4.52 Å². The van der Waals surface area contributed by atoms with Crippen molar-refractivity contribution < 1.29 is 14.2 Å². The van der Waals surface area contributed by atoms with Gasteiger partial charge in [-0.25, -0.2) is 9.37 Å². The van der Waals surface area contributed by atoms with Crippen LogP contribution in [0.4, 0.5) is 10.2 Å². The Bertz CT molecular complexity index is 1050. The average Bonchev–Trinajstić information content (AvgIpc) is 3.21. The molecule has 0 aliphatic rings. The summed E-state index contributed by atoms with van der Waals surface area (Å²) in [6.45, 7) is 0.296. The number of rotatable bonds is 7. The van der Waals surface area contributed by atoms with E-state index in [4.69, 9.17) is 4.74 Å². The lowest BCUT2D eigenvalue weighted by molar-refractivity contribution is 0.117. The molecule has 7 nitrogen and oxygen atoms in total. The number of aromatic nitrogens is 4. The minimum absolute atomic E-state index is 0.0652. The van der Waals surface area contributed by atoms with E-state index in [0.29, 0.717) is 17.3 Å². The van der Waals surface area contributed by atoms with Crippen LogP contribution in [0.15, 0.2) is 67.0 Å². The standard InChI is InChI=1S/C20H18FN5O2/c21-15-6-8-17(9-7-15)28-12-16(27)11-22-19-10-18(14-4-2-1-3-5-14)25-20-23-13-24-26(19)20/h1-10,13,16,22,27H,11-12H2. The van der Waals surface area contributed by atoms with Crippen LogP contribution >= 0.6 is 0 Å². The number of fused-ring (bicyclic) bond motifs is 1. The topological polar surface area (TPSA) is 84.6 Å². The molecule has 2 aromatic heterocycles. The van der Waals surface area contributed by atoms with Gasteiger partial charge in [0.1, 0.15) is 36.4 Å². The Morgan fingerprint density at radius 2 is 1.89 bits per heavy atom. The maximum Gasteiger partial charge on any atom is 0.254 e. The summed E-state index contributed by atoms with van der Waals surface area (Å²) in [7, 11) is 0. The molecule has 0 aliphatic heterocycles. The van der Waals surface area contributed by atoms with Crippen molar-refractivity contribution in [2.75, 3.05) is 18.5 Å². The zero-order valence-corrected chi connectivity index (χ0v) is 14.9. The summed E-state index contributed by atoms with van der Waals surface area (Å²) < 4.78 is 20.0. The van der Waals surface area contributed by atoms with Crippen LogP contribution in [0.25, 0.3) is 17.0 Å². The lowest BCUT2D eigenvalue weighted by Crippen LogP contribution is -2.27. The van der Waals surface area contributed by atoms with Crippen molar-refractivity contribution in [1.82, 2.24) is 19.6 Å². The summed E-state index contributed by atoms with van der Waals surface area (Å²) in [5.74, 6) is 1.27. The SMILES string of the molecule is OC(CNc1cc(-c2ccccc2)nc2ncnn12)COc1ccc(F)cc1. The van der Waals surface area contributed by atoms with E-state index in [2.05, 4.69) is 20.4 Å². The zero-order valence-electron chi connectivity index (χ0n) is 14.9. The van der Waals surface area contributed by atoms with Gasteiger partial charge < -0.3 is 15.2 Å². The van der Waals surface area contributed by atoms with E-state index >= 15 is 0 Å². The number of hydrogen-bond donors (Lipinski definition) is 2. The highest BCUT2D eigenvalue weighted by Crippen LogP contribution is 2.21. The van der Waals surface area contributed by atoms with E-state index in [-0.39, 0.29) is 19.0 Å². The van der Waals surface area contributed by atoms with Gasteiger partial charge in [-0.15, -0.1) is 0 Å². The Labute approximate surface area is 160 Å². The largest absolute Gasteiger partial charge is 0.491 e. The van der Waals surface area contributed by atoms with Gasteiger partial charge in [0.2, 0.25) is 0 Å². The molecule has 0 radical (unpaired) electrons. The number of aliphatic hydroxyl groups excluding tert-OH is 1. The van der Waals surface area contributed by atoms with Crippen LogP contribution in [-0.2, 0) is 0 Å². The first-order chi connectivity index (χ1) is 13.7. The molecule has 4 aromatic rings. The van der Waals surface area contributed by atoms with Gasteiger partial charge >= 0.3 is 0 Å². The van der Waals surface area contributed by atoms with Crippen LogP contribution in [0.1, 0.15) is 0 Å². The van der Waals surface area contributed by atoms with Gasteiger partial charge in [-0.05, 0) is 24.3 Å². The molecule has 142 valence electrons. The minimum Gasteiger partial charge on any atom is -0.491 e. The van der Waals surface area contributed by atoms with Gasteiger partial charge in [-0.1, -0.05) is 30.3 Å². The smallest absolute Gasteiger partial charge is 0.254 e. The summed E-state index contributed by atoms with van der Waals surface area (Å²) in [5.41, 5.74) is 1.71. The molecular formula is C20H18FN5O2. The fraction of sp³-hybridized carbons (Fsp3) is 0.150. The predicted octanol–water partition coefficient (Wildman–Crippen LogP) is 2.78. The summed E-state index contributed by atoms with van der Waals surface area (Å²) in [5, 5.41) is 17.5. The molecule has 0 saturated heterocycles. The fourth-order valence-corrected chi connectivity index (χ4v) is 2.70. The Morgan fingerprint density at radius 1 is 1.11 bits per heavy atom. The molecule has 0 amide bonds. The second-order valence-electron chi connectivity index (χ2n) is 6.16. The van der Waals surface area contributed by atoms with Crippen LogP contribution in [0.5, 0.6) is 5.75 Å². The first-order valence-corrected chi connectivity index (χ1v) is 8.75. The lowest BCUT2D eigenvalue weighted by Gasteiger charge is -2.15. The van der Waals surface area contributed by atoms with Crippen molar-refractivity contribution in [3.8, 4) is 17.0 Å². The second kappa shape index (κ2) is 8.01. The number of nitrogens with one attached hydrogen (secondary N) is 1. The highest BCUT2D eigenvalue weighted by Gasteiger charge is 2.11. The van der Waals surface area contributed by atoms with E-state index in [1.807, 2.05) is 36.4 Å². The van der Waals surface area contributed by atoms with Crippen molar-refractivity contribution in [3.05, 3.63) is 72.8 Å². The van der Waals surface area contributed by atoms with Gasteiger partial charge in [0.05, 0.1) is 5.69 Å². The van der Waals surface area contributed by atoms with Gasteiger partial charge in [0.15, 0.2) is 0 Å². The average molecular weight is 379 g/mol. The molecule has 0 fully saturated rings. The van der Waals surface area contributed by atoms with Crippen molar-refractivity contribution >= 4 is 11.6 Å². The molecule has 0 saturated carbocycles. The van der Waals surface area contributed by atoms with Crippen molar-refractivity contribution in [1.29, 1.82) is 0 Å². The van der Waals surface area contributed by atoms with Gasteiger partial charge in [0.25, 0.3) is 5.78 Å². The Kier molecular flexibility index (Phi) is 5.11. The van der Waals surface area contributed by atoms with E-state index in [9.17, 15) is 9.50 Å². The highest BCUT2D eigenvalue weighted by molar-refractivity contribution is 5.65. The molecular weight excluding hydrogens is 361 g/mol. The van der Waals surface area contributed by atoms with Gasteiger partial charge in [-0.2, -0.15) is 14.6 Å². The van der Waals surface area contributed by atoms with Crippen molar-refractivity contribution in [2.24, 2.45) is 0 Å². The summed E-state index contributed by atoms with van der Waals surface area (Å²) in [6, 6.07) is 17.2. The zero-order chi connectivity index (χ0) is 19.3. The van der Waals surface area contributed by atoms with E-state index in [0.717, 1.165) is 11.3 Å². The molecule has 28 heavy (non-hydrogen) atoms. The number of halogens is 1. The maximum atomic E-state index is 12.9. The van der Waals surface area contributed by atoms with Crippen LogP contribution in [0.3, 0.4) is 0 Å². The third-order valence-electron chi connectivity index (χ3n) is 4.10. The third kappa shape index (κ3) is 4.07. The molecule has 2 aromatic carbocycles. The molecule has 2 heterocycles. The van der Waals surface area contributed by atoms with Gasteiger partial charge in [0, 0.05) is 18.2 Å². The second-order valence-corrected chi connectivity index (χ2v) is 6.16. The van der Waals surface area contributed by atoms with Crippen molar-refractivity contribution in [3.63, 3.8) is 0 Å². The molecule has 0 aliphatic carbocycles. The molecule has 4 rings (SSSR count). The number of anilines is 1. The number of nitrogens with zero attached hydrogens (tertiary/aromatic N) is 4. The lowest BCUT2D eigenvalue weighted by atomic mass is 10.1. The Balaban J connectivity index is 1.45. The minimum atomic E-state index is -0.781. The summed E-state index contributed by atoms with van der Waals surface area (Å²) >= 11 is 0. The summed E-state index contributed by atoms with van der Waals surface area (Å²) in [4.78, 5) is 8.67. The molecule has 1 unspecified atom stereocenters. The van der Waals surface area contributed by atoms with Crippen molar-refractivity contribution in [2.45, 2.75) is 6.10 Å². The first-order valence-electron chi connectivity index (χ1n) is 8.75. The van der Waals surface area contributed by atoms with Crippen LogP contribution < -0.4 is 10.1 Å². The number of benzene rings is 2. The predicted molar refractivity (Wildman–Crippen MR) is 103 cm³/mol. The third-order valence-corrected chi connectivity index (χ3v) is 4.10. The molecule has 1 atom stereocenters. The summed E-state index contributed by atoms with van der Waals surface area (Å²) in [6.07, 6.45) is 0.646.